The van der Waals surface area contributed by atoms with Gasteiger partial charge in [0.2, 0.25) is 5.91 Å². The van der Waals surface area contributed by atoms with Gasteiger partial charge in [-0.2, -0.15) is 0 Å². The molecule has 1 aliphatic heterocycles. The minimum Gasteiger partial charge on any atom is -0.325 e. The van der Waals surface area contributed by atoms with E-state index in [0.29, 0.717) is 11.5 Å². The van der Waals surface area contributed by atoms with Crippen LogP contribution in [0.5, 0.6) is 0 Å². The van der Waals surface area contributed by atoms with Crippen molar-refractivity contribution in [1.82, 2.24) is 4.90 Å². The highest BCUT2D eigenvalue weighted by Crippen LogP contribution is 2.18. The van der Waals surface area contributed by atoms with Gasteiger partial charge in [-0.3, -0.25) is 14.5 Å². The minimum atomic E-state index is -0.125. The van der Waals surface area contributed by atoms with Crippen LogP contribution >= 0.6 is 0 Å². The van der Waals surface area contributed by atoms with Gasteiger partial charge < -0.3 is 5.32 Å². The molecule has 1 saturated heterocycles. The number of piperidine rings is 1. The molecule has 4 heteroatoms. The zero-order valence-corrected chi connectivity index (χ0v) is 13.1. The summed E-state index contributed by atoms with van der Waals surface area (Å²) in [4.78, 5) is 25.8. The molecule has 2 rings (SSSR count). The number of hydrogen-bond acceptors (Lipinski definition) is 3. The Bertz CT molecular complexity index is 510. The number of carbonyl (C=O) groups excluding carboxylic acids is 2. The van der Waals surface area contributed by atoms with E-state index in [2.05, 4.69) is 17.1 Å². The zero-order chi connectivity index (χ0) is 15.4. The number of likely N-dealkylation sites (tertiary alicyclic amines) is 1. The molecule has 0 aromatic heterocycles. The van der Waals surface area contributed by atoms with Crippen molar-refractivity contribution in [2.24, 2.45) is 5.92 Å². The summed E-state index contributed by atoms with van der Waals surface area (Å²) in [7, 11) is 0. The van der Waals surface area contributed by atoms with E-state index in [1.807, 2.05) is 6.92 Å². The average molecular weight is 288 g/mol. The number of carbonyl (C=O) groups is 2. The van der Waals surface area contributed by atoms with E-state index < -0.39 is 0 Å². The number of benzene rings is 1. The second kappa shape index (κ2) is 6.85. The van der Waals surface area contributed by atoms with Gasteiger partial charge in [-0.25, -0.2) is 0 Å². The first-order valence-electron chi connectivity index (χ1n) is 7.63. The number of Topliss-reactive ketones (excluding diaryl/α,β-unsaturated/α-hetero) is 1. The maximum absolute atomic E-state index is 12.3. The molecule has 2 atom stereocenters. The van der Waals surface area contributed by atoms with Gasteiger partial charge in [0.25, 0.3) is 0 Å². The minimum absolute atomic E-state index is 0.0136. The second-order valence-corrected chi connectivity index (χ2v) is 6.04. The van der Waals surface area contributed by atoms with Gasteiger partial charge in [0.1, 0.15) is 0 Å². The molecule has 0 saturated carbocycles. The molecule has 0 unspecified atom stereocenters. The number of ketones is 1. The van der Waals surface area contributed by atoms with Crippen LogP contribution in [0.3, 0.4) is 0 Å². The SMILES string of the molecule is CC(=O)c1ccc(NC(=O)[C@@H](C)N2CCC[C@H](C)C2)cc1. The normalized spacial score (nSPS) is 20.8. The van der Waals surface area contributed by atoms with Crippen LogP contribution in [0.4, 0.5) is 5.69 Å². The standard InChI is InChI=1S/C17H24N2O2/c1-12-5-4-10-19(11-12)13(2)17(21)18-16-8-6-15(7-9-16)14(3)20/h6-9,12-13H,4-5,10-11H2,1-3H3,(H,18,21)/t12-,13+/m0/s1. The predicted octanol–water partition coefficient (Wildman–Crippen LogP) is 2.95. The van der Waals surface area contributed by atoms with Crippen molar-refractivity contribution in [3.63, 3.8) is 0 Å². The van der Waals surface area contributed by atoms with E-state index in [1.165, 1.54) is 13.3 Å². The molecule has 1 aromatic carbocycles. The van der Waals surface area contributed by atoms with Crippen LogP contribution in [-0.2, 0) is 4.79 Å². The van der Waals surface area contributed by atoms with Gasteiger partial charge >= 0.3 is 0 Å². The number of nitrogens with zero attached hydrogens (tertiary/aromatic N) is 1. The van der Waals surface area contributed by atoms with E-state index in [9.17, 15) is 9.59 Å². The third-order valence-electron chi connectivity index (χ3n) is 4.17. The average Bonchev–Trinajstić information content (AvgIpc) is 2.47. The molecule has 21 heavy (non-hydrogen) atoms. The molecule has 1 aromatic rings. The summed E-state index contributed by atoms with van der Waals surface area (Å²) in [5.41, 5.74) is 1.40. The fraction of sp³-hybridized carbons (Fsp3) is 0.529. The molecule has 0 bridgehead atoms. The Kier molecular flexibility index (Phi) is 5.12. The Balaban J connectivity index is 1.95. The molecule has 1 aliphatic rings. The third-order valence-corrected chi connectivity index (χ3v) is 4.17. The van der Waals surface area contributed by atoms with Crippen LogP contribution in [0.25, 0.3) is 0 Å². The fourth-order valence-electron chi connectivity index (χ4n) is 2.78. The lowest BCUT2D eigenvalue weighted by Gasteiger charge is -2.34. The highest BCUT2D eigenvalue weighted by atomic mass is 16.2. The van der Waals surface area contributed by atoms with Crippen molar-refractivity contribution in [2.75, 3.05) is 18.4 Å². The lowest BCUT2D eigenvalue weighted by atomic mass is 9.99. The van der Waals surface area contributed by atoms with Gasteiger partial charge in [0, 0.05) is 17.8 Å². The first-order chi connectivity index (χ1) is 9.97. The zero-order valence-electron chi connectivity index (χ0n) is 13.1. The van der Waals surface area contributed by atoms with E-state index in [4.69, 9.17) is 0 Å². The Morgan fingerprint density at radius 3 is 2.52 bits per heavy atom. The van der Waals surface area contributed by atoms with Crippen molar-refractivity contribution < 1.29 is 9.59 Å². The first-order valence-corrected chi connectivity index (χ1v) is 7.63. The van der Waals surface area contributed by atoms with Crippen molar-refractivity contribution in [3.05, 3.63) is 29.8 Å². The summed E-state index contributed by atoms with van der Waals surface area (Å²) in [6.07, 6.45) is 2.41. The number of amides is 1. The number of anilines is 1. The Hall–Kier alpha value is -1.68. The van der Waals surface area contributed by atoms with Crippen LogP contribution in [0.1, 0.15) is 44.0 Å². The largest absolute Gasteiger partial charge is 0.325 e. The monoisotopic (exact) mass is 288 g/mol. The molecular weight excluding hydrogens is 264 g/mol. The van der Waals surface area contributed by atoms with Gasteiger partial charge in [-0.05, 0) is 63.4 Å². The van der Waals surface area contributed by atoms with Crippen molar-refractivity contribution in [2.45, 2.75) is 39.7 Å². The molecule has 0 radical (unpaired) electrons. The van der Waals surface area contributed by atoms with Crippen LogP contribution in [0.15, 0.2) is 24.3 Å². The third kappa shape index (κ3) is 4.14. The predicted molar refractivity (Wildman–Crippen MR) is 84.5 cm³/mol. The summed E-state index contributed by atoms with van der Waals surface area (Å²) in [5, 5.41) is 2.93. The maximum Gasteiger partial charge on any atom is 0.241 e. The van der Waals surface area contributed by atoms with Gasteiger partial charge in [0.15, 0.2) is 5.78 Å². The summed E-state index contributed by atoms with van der Waals surface area (Å²) in [6, 6.07) is 6.91. The molecule has 1 fully saturated rings. The Labute approximate surface area is 126 Å². The van der Waals surface area contributed by atoms with E-state index in [0.717, 1.165) is 25.2 Å². The number of nitrogens with one attached hydrogen (secondary N) is 1. The highest BCUT2D eigenvalue weighted by Gasteiger charge is 2.25. The lowest BCUT2D eigenvalue weighted by molar-refractivity contribution is -0.121. The summed E-state index contributed by atoms with van der Waals surface area (Å²) in [5.74, 6) is 0.701. The van der Waals surface area contributed by atoms with Crippen molar-refractivity contribution in [3.8, 4) is 0 Å². The second-order valence-electron chi connectivity index (χ2n) is 6.04. The molecule has 4 nitrogen and oxygen atoms in total. The molecule has 0 spiro atoms. The van der Waals surface area contributed by atoms with Crippen LogP contribution in [0, 0.1) is 5.92 Å². The van der Waals surface area contributed by atoms with Crippen molar-refractivity contribution in [1.29, 1.82) is 0 Å². The number of hydrogen-bond donors (Lipinski definition) is 1. The summed E-state index contributed by atoms with van der Waals surface area (Å²) < 4.78 is 0. The molecular formula is C17H24N2O2. The molecule has 1 heterocycles. The molecule has 1 amide bonds. The smallest absolute Gasteiger partial charge is 0.241 e. The van der Waals surface area contributed by atoms with E-state index in [-0.39, 0.29) is 17.7 Å². The van der Waals surface area contributed by atoms with Crippen LogP contribution in [0.2, 0.25) is 0 Å². The van der Waals surface area contributed by atoms with Crippen molar-refractivity contribution >= 4 is 17.4 Å². The fourth-order valence-corrected chi connectivity index (χ4v) is 2.78. The first kappa shape index (κ1) is 15.7. The van der Waals surface area contributed by atoms with Gasteiger partial charge in [-0.1, -0.05) is 6.92 Å². The summed E-state index contributed by atoms with van der Waals surface area (Å²) >= 11 is 0. The summed E-state index contributed by atoms with van der Waals surface area (Å²) in [6.45, 7) is 7.70. The molecule has 0 aliphatic carbocycles. The topological polar surface area (TPSA) is 49.4 Å². The van der Waals surface area contributed by atoms with Gasteiger partial charge in [0.05, 0.1) is 6.04 Å². The Morgan fingerprint density at radius 1 is 1.29 bits per heavy atom. The quantitative estimate of drug-likeness (QED) is 0.867. The van der Waals surface area contributed by atoms with Crippen LogP contribution in [-0.4, -0.2) is 35.7 Å². The highest BCUT2D eigenvalue weighted by molar-refractivity contribution is 5.96. The van der Waals surface area contributed by atoms with Gasteiger partial charge in [-0.15, -0.1) is 0 Å². The number of rotatable bonds is 4. The van der Waals surface area contributed by atoms with Crippen LogP contribution < -0.4 is 5.32 Å². The maximum atomic E-state index is 12.3. The lowest BCUT2D eigenvalue weighted by Crippen LogP contribution is -2.46. The Morgan fingerprint density at radius 2 is 1.95 bits per heavy atom. The molecule has 114 valence electrons. The van der Waals surface area contributed by atoms with E-state index in [1.54, 1.807) is 24.3 Å². The van der Waals surface area contributed by atoms with E-state index >= 15 is 0 Å². The molecule has 1 N–H and O–H groups in total.